The van der Waals surface area contributed by atoms with Crippen LogP contribution in [0.15, 0.2) is 24.3 Å². The van der Waals surface area contributed by atoms with Gasteiger partial charge in [-0.25, -0.2) is 8.42 Å². The van der Waals surface area contributed by atoms with Crippen molar-refractivity contribution in [3.8, 4) is 0 Å². The number of nitrogens with zero attached hydrogens (tertiary/aromatic N) is 1. The van der Waals surface area contributed by atoms with E-state index in [1.54, 1.807) is 12.1 Å². The lowest BCUT2D eigenvalue weighted by molar-refractivity contribution is 0.0451. The van der Waals surface area contributed by atoms with E-state index in [1.807, 2.05) is 0 Å². The van der Waals surface area contributed by atoms with Gasteiger partial charge in [0.15, 0.2) is 9.84 Å². The molecule has 6 nitrogen and oxygen atoms in total. The molecule has 1 aliphatic rings. The standard InChI is InChI=1S/C13H16ClNO5S/c14-10-3-1-9(2-4-10)13(18)15(5-6-16)11-7-21(19,20)8-12(11)17/h1-4,11-12,16-17H,5-8H2. The van der Waals surface area contributed by atoms with Crippen LogP contribution < -0.4 is 0 Å². The summed E-state index contributed by atoms with van der Waals surface area (Å²) in [5.74, 6) is -1.11. The topological polar surface area (TPSA) is 94.9 Å². The van der Waals surface area contributed by atoms with Gasteiger partial charge in [0.05, 0.1) is 30.3 Å². The summed E-state index contributed by atoms with van der Waals surface area (Å²) in [6, 6.07) is 5.29. The first-order valence-electron chi connectivity index (χ1n) is 6.40. The van der Waals surface area contributed by atoms with Gasteiger partial charge in [0.2, 0.25) is 0 Å². The Morgan fingerprint density at radius 1 is 1.29 bits per heavy atom. The molecule has 0 spiro atoms. The van der Waals surface area contributed by atoms with Crippen molar-refractivity contribution in [2.45, 2.75) is 12.1 Å². The third-order valence-corrected chi connectivity index (χ3v) is 5.34. The van der Waals surface area contributed by atoms with Crippen molar-refractivity contribution in [1.29, 1.82) is 0 Å². The highest BCUT2D eigenvalue weighted by molar-refractivity contribution is 7.91. The molecule has 1 amide bonds. The quantitative estimate of drug-likeness (QED) is 0.804. The van der Waals surface area contributed by atoms with E-state index in [1.165, 1.54) is 17.0 Å². The molecular formula is C13H16ClNO5S. The number of halogens is 1. The van der Waals surface area contributed by atoms with Gasteiger partial charge in [-0.2, -0.15) is 0 Å². The lowest BCUT2D eigenvalue weighted by Gasteiger charge is -2.29. The Kier molecular flexibility index (Phi) is 4.88. The first-order chi connectivity index (χ1) is 9.84. The molecule has 0 bridgehead atoms. The van der Waals surface area contributed by atoms with Crippen molar-refractivity contribution in [3.63, 3.8) is 0 Å². The minimum Gasteiger partial charge on any atom is -0.395 e. The smallest absolute Gasteiger partial charge is 0.254 e. The number of carbonyl (C=O) groups is 1. The SMILES string of the molecule is O=C(c1ccc(Cl)cc1)N(CCO)C1CS(=O)(=O)CC1O. The molecule has 1 aromatic rings. The van der Waals surface area contributed by atoms with Crippen LogP contribution in [0.5, 0.6) is 0 Å². The fourth-order valence-electron chi connectivity index (χ4n) is 2.39. The molecule has 8 heteroatoms. The average molecular weight is 334 g/mol. The van der Waals surface area contributed by atoms with Crippen molar-refractivity contribution in [3.05, 3.63) is 34.9 Å². The predicted octanol–water partition coefficient (Wildman–Crippen LogP) is -0.0676. The van der Waals surface area contributed by atoms with E-state index in [0.717, 1.165) is 0 Å². The summed E-state index contributed by atoms with van der Waals surface area (Å²) in [6.07, 6.45) is -1.14. The number of rotatable bonds is 4. The summed E-state index contributed by atoms with van der Waals surface area (Å²) in [7, 11) is -3.38. The van der Waals surface area contributed by atoms with Gasteiger partial charge < -0.3 is 15.1 Å². The van der Waals surface area contributed by atoms with Gasteiger partial charge in [0, 0.05) is 17.1 Å². The normalized spacial score (nSPS) is 24.0. The van der Waals surface area contributed by atoms with Crippen LogP contribution in [0, 0.1) is 0 Å². The molecule has 1 aliphatic heterocycles. The summed E-state index contributed by atoms with van der Waals surface area (Å²) >= 11 is 5.76. The maximum Gasteiger partial charge on any atom is 0.254 e. The van der Waals surface area contributed by atoms with Crippen molar-refractivity contribution >= 4 is 27.3 Å². The minimum absolute atomic E-state index is 0.0429. The molecule has 0 saturated carbocycles. The van der Waals surface area contributed by atoms with Gasteiger partial charge in [-0.3, -0.25) is 4.79 Å². The zero-order valence-corrected chi connectivity index (χ0v) is 12.7. The van der Waals surface area contributed by atoms with Gasteiger partial charge >= 0.3 is 0 Å². The van der Waals surface area contributed by atoms with Crippen LogP contribution >= 0.6 is 11.6 Å². The number of sulfone groups is 1. The van der Waals surface area contributed by atoms with Crippen LogP contribution in [0.2, 0.25) is 5.02 Å². The van der Waals surface area contributed by atoms with E-state index in [2.05, 4.69) is 0 Å². The molecule has 2 N–H and O–H groups in total. The zero-order chi connectivity index (χ0) is 15.6. The van der Waals surface area contributed by atoms with Gasteiger partial charge in [-0.1, -0.05) is 11.6 Å². The van der Waals surface area contributed by atoms with E-state index >= 15 is 0 Å². The predicted molar refractivity (Wildman–Crippen MR) is 78.0 cm³/mol. The van der Waals surface area contributed by atoms with Crippen LogP contribution in [0.4, 0.5) is 0 Å². The van der Waals surface area contributed by atoms with Crippen LogP contribution in [-0.2, 0) is 9.84 Å². The fourth-order valence-corrected chi connectivity index (χ4v) is 4.32. The molecule has 2 unspecified atom stereocenters. The second kappa shape index (κ2) is 6.31. The Morgan fingerprint density at radius 3 is 2.38 bits per heavy atom. The maximum absolute atomic E-state index is 12.5. The first-order valence-corrected chi connectivity index (χ1v) is 8.60. The largest absolute Gasteiger partial charge is 0.395 e. The Balaban J connectivity index is 2.26. The first kappa shape index (κ1) is 16.2. The summed E-state index contributed by atoms with van der Waals surface area (Å²) in [5, 5.41) is 19.5. The molecule has 1 aromatic carbocycles. The molecule has 116 valence electrons. The van der Waals surface area contributed by atoms with Gasteiger partial charge in [0.1, 0.15) is 0 Å². The van der Waals surface area contributed by atoms with Gasteiger partial charge in [-0.05, 0) is 24.3 Å². The summed E-state index contributed by atoms with van der Waals surface area (Å²) in [5.41, 5.74) is 0.323. The Labute approximate surface area is 127 Å². The Bertz CT molecular complexity index is 616. The zero-order valence-electron chi connectivity index (χ0n) is 11.1. The number of hydrogen-bond donors (Lipinski definition) is 2. The number of benzene rings is 1. The van der Waals surface area contributed by atoms with E-state index < -0.39 is 27.9 Å². The molecule has 2 atom stereocenters. The molecule has 21 heavy (non-hydrogen) atoms. The van der Waals surface area contributed by atoms with Gasteiger partial charge in [0.25, 0.3) is 5.91 Å². The lowest BCUT2D eigenvalue weighted by atomic mass is 10.1. The Hall–Kier alpha value is -1.15. The maximum atomic E-state index is 12.5. The number of amides is 1. The second-order valence-corrected chi connectivity index (χ2v) is 7.53. The number of aliphatic hydroxyl groups is 2. The van der Waals surface area contributed by atoms with Crippen LogP contribution in [0.3, 0.4) is 0 Å². The van der Waals surface area contributed by atoms with E-state index in [-0.39, 0.29) is 24.7 Å². The van der Waals surface area contributed by atoms with Crippen LogP contribution in [-0.4, -0.2) is 66.2 Å². The summed E-state index contributed by atoms with van der Waals surface area (Å²) in [4.78, 5) is 13.7. The van der Waals surface area contributed by atoms with Crippen LogP contribution in [0.1, 0.15) is 10.4 Å². The van der Waals surface area contributed by atoms with Crippen molar-refractivity contribution in [2.75, 3.05) is 24.7 Å². The van der Waals surface area contributed by atoms with Crippen molar-refractivity contribution < 1.29 is 23.4 Å². The monoisotopic (exact) mass is 333 g/mol. The molecule has 1 heterocycles. The number of carbonyl (C=O) groups excluding carboxylic acids is 1. The van der Waals surface area contributed by atoms with Crippen molar-refractivity contribution in [1.82, 2.24) is 4.90 Å². The molecule has 2 rings (SSSR count). The lowest BCUT2D eigenvalue weighted by Crippen LogP contribution is -2.48. The third-order valence-electron chi connectivity index (χ3n) is 3.39. The van der Waals surface area contributed by atoms with Crippen molar-refractivity contribution in [2.24, 2.45) is 0 Å². The highest BCUT2D eigenvalue weighted by atomic mass is 35.5. The van der Waals surface area contributed by atoms with Crippen LogP contribution in [0.25, 0.3) is 0 Å². The van der Waals surface area contributed by atoms with E-state index in [9.17, 15) is 18.3 Å². The third kappa shape index (κ3) is 3.74. The fraction of sp³-hybridized carbons (Fsp3) is 0.462. The molecule has 1 saturated heterocycles. The average Bonchev–Trinajstić information content (AvgIpc) is 2.69. The Morgan fingerprint density at radius 2 is 1.90 bits per heavy atom. The summed E-state index contributed by atoms with van der Waals surface area (Å²) in [6.45, 7) is -0.360. The highest BCUT2D eigenvalue weighted by Crippen LogP contribution is 2.21. The number of hydrogen-bond acceptors (Lipinski definition) is 5. The second-order valence-electron chi connectivity index (χ2n) is 4.94. The van der Waals surface area contributed by atoms with Gasteiger partial charge in [-0.15, -0.1) is 0 Å². The minimum atomic E-state index is -3.38. The van der Waals surface area contributed by atoms with E-state index in [0.29, 0.717) is 10.6 Å². The number of aliphatic hydroxyl groups excluding tert-OH is 2. The molecule has 0 aliphatic carbocycles. The molecule has 0 radical (unpaired) electrons. The highest BCUT2D eigenvalue weighted by Gasteiger charge is 2.41. The summed E-state index contributed by atoms with van der Waals surface area (Å²) < 4.78 is 23.2. The van der Waals surface area contributed by atoms with E-state index in [4.69, 9.17) is 16.7 Å². The molecule has 0 aromatic heterocycles. The molecule has 1 fully saturated rings. The molecular weight excluding hydrogens is 318 g/mol.